The number of carboxylic acids is 1. The number of rotatable bonds is 2. The molecule has 12 heavy (non-hydrogen) atoms. The second-order valence-corrected chi connectivity index (χ2v) is 2.22. The fourth-order valence-electron chi connectivity index (χ4n) is 0.590. The van der Waals surface area contributed by atoms with Crippen LogP contribution in [0.2, 0.25) is 5.15 Å². The summed E-state index contributed by atoms with van der Waals surface area (Å²) < 4.78 is 4.73. The lowest BCUT2D eigenvalue weighted by molar-refractivity contribution is 0.0683. The molecule has 0 radical (unpaired) electrons. The smallest absolute Gasteiger partial charge is 0.373 e. The second-order valence-electron chi connectivity index (χ2n) is 1.86. The van der Waals surface area contributed by atoms with Gasteiger partial charge in [-0.15, -0.1) is 0 Å². The van der Waals surface area contributed by atoms with Crippen molar-refractivity contribution in [1.29, 1.82) is 0 Å². The molecule has 0 fully saturated rings. The van der Waals surface area contributed by atoms with E-state index >= 15 is 0 Å². The summed E-state index contributed by atoms with van der Waals surface area (Å²) in [5.41, 5.74) is 0. The number of hydrogen-bond acceptors (Lipinski definition) is 4. The van der Waals surface area contributed by atoms with Crippen molar-refractivity contribution in [2.75, 3.05) is 7.11 Å². The van der Waals surface area contributed by atoms with E-state index < -0.39 is 5.97 Å². The molecule has 1 aromatic rings. The molecule has 0 aromatic carbocycles. The van der Waals surface area contributed by atoms with Gasteiger partial charge in [0.2, 0.25) is 5.82 Å². The Balaban J connectivity index is 3.10. The van der Waals surface area contributed by atoms with E-state index in [2.05, 4.69) is 9.97 Å². The standard InChI is InChI=1S/C6H5ClN2O3/c1-12-3-2-8-5(6(10)11)9-4(3)7/h2H,1H3,(H,10,11). The van der Waals surface area contributed by atoms with Gasteiger partial charge in [0, 0.05) is 0 Å². The lowest BCUT2D eigenvalue weighted by Crippen LogP contribution is -2.04. The lowest BCUT2D eigenvalue weighted by atomic mass is 10.5. The molecule has 0 aliphatic rings. The molecule has 0 unspecified atom stereocenters. The maximum absolute atomic E-state index is 10.3. The van der Waals surface area contributed by atoms with E-state index in [0.29, 0.717) is 0 Å². The molecule has 1 rings (SSSR count). The molecule has 5 nitrogen and oxygen atoms in total. The number of ether oxygens (including phenoxy) is 1. The fourth-order valence-corrected chi connectivity index (χ4v) is 0.796. The topological polar surface area (TPSA) is 72.3 Å². The van der Waals surface area contributed by atoms with Gasteiger partial charge >= 0.3 is 5.97 Å². The van der Waals surface area contributed by atoms with Crippen LogP contribution in [-0.2, 0) is 0 Å². The number of hydrogen-bond donors (Lipinski definition) is 1. The van der Waals surface area contributed by atoms with Gasteiger partial charge in [0.25, 0.3) is 0 Å². The van der Waals surface area contributed by atoms with Crippen LogP contribution in [-0.4, -0.2) is 28.2 Å². The molecule has 64 valence electrons. The third kappa shape index (κ3) is 1.62. The van der Waals surface area contributed by atoms with Crippen molar-refractivity contribution in [3.8, 4) is 5.75 Å². The highest BCUT2D eigenvalue weighted by molar-refractivity contribution is 6.30. The van der Waals surface area contributed by atoms with Crippen molar-refractivity contribution >= 4 is 17.6 Å². The van der Waals surface area contributed by atoms with Gasteiger partial charge in [-0.2, -0.15) is 0 Å². The van der Waals surface area contributed by atoms with Crippen LogP contribution in [0.4, 0.5) is 0 Å². The third-order valence-electron chi connectivity index (χ3n) is 1.12. The molecule has 1 N–H and O–H groups in total. The minimum absolute atomic E-state index is 0.00935. The molecular weight excluding hydrogens is 184 g/mol. The van der Waals surface area contributed by atoms with Gasteiger partial charge in [-0.3, -0.25) is 0 Å². The van der Waals surface area contributed by atoms with Crippen LogP contribution in [0.25, 0.3) is 0 Å². The maximum Gasteiger partial charge on any atom is 0.373 e. The van der Waals surface area contributed by atoms with Crippen molar-refractivity contribution in [2.45, 2.75) is 0 Å². The van der Waals surface area contributed by atoms with Crippen LogP contribution >= 0.6 is 11.6 Å². The highest BCUT2D eigenvalue weighted by Crippen LogP contribution is 2.19. The molecular formula is C6H5ClN2O3. The zero-order valence-electron chi connectivity index (χ0n) is 6.11. The van der Waals surface area contributed by atoms with E-state index in [-0.39, 0.29) is 16.7 Å². The van der Waals surface area contributed by atoms with E-state index in [0.717, 1.165) is 0 Å². The minimum Gasteiger partial charge on any atom is -0.492 e. The molecule has 0 bridgehead atoms. The Morgan fingerprint density at radius 1 is 1.75 bits per heavy atom. The number of nitrogens with zero attached hydrogens (tertiary/aromatic N) is 2. The summed E-state index contributed by atoms with van der Waals surface area (Å²) in [4.78, 5) is 17.3. The largest absolute Gasteiger partial charge is 0.492 e. The Kier molecular flexibility index (Phi) is 2.44. The first-order valence-electron chi connectivity index (χ1n) is 2.95. The first-order valence-corrected chi connectivity index (χ1v) is 3.32. The number of aromatic nitrogens is 2. The average Bonchev–Trinajstić information content (AvgIpc) is 2.04. The van der Waals surface area contributed by atoms with Crippen LogP contribution in [0.1, 0.15) is 10.6 Å². The van der Waals surface area contributed by atoms with Gasteiger partial charge in [0.1, 0.15) is 0 Å². The van der Waals surface area contributed by atoms with Gasteiger partial charge in [-0.25, -0.2) is 14.8 Å². The Hall–Kier alpha value is -1.36. The molecule has 1 heterocycles. The van der Waals surface area contributed by atoms with Crippen LogP contribution in [0, 0.1) is 0 Å². The SMILES string of the molecule is COc1cnc(C(=O)O)nc1Cl. The number of carbonyl (C=O) groups is 1. The fraction of sp³-hybridized carbons (Fsp3) is 0.167. The Morgan fingerprint density at radius 2 is 2.42 bits per heavy atom. The van der Waals surface area contributed by atoms with Crippen molar-refractivity contribution in [3.05, 3.63) is 17.2 Å². The van der Waals surface area contributed by atoms with Gasteiger partial charge in [-0.05, 0) is 0 Å². The molecule has 0 spiro atoms. The number of methoxy groups -OCH3 is 1. The third-order valence-corrected chi connectivity index (χ3v) is 1.39. The maximum atomic E-state index is 10.3. The normalized spacial score (nSPS) is 9.50. The summed E-state index contributed by atoms with van der Waals surface area (Å²) in [6.45, 7) is 0. The highest BCUT2D eigenvalue weighted by atomic mass is 35.5. The summed E-state index contributed by atoms with van der Waals surface area (Å²) in [6, 6.07) is 0. The number of halogens is 1. The lowest BCUT2D eigenvalue weighted by Gasteiger charge is -2.00. The summed E-state index contributed by atoms with van der Waals surface area (Å²) in [7, 11) is 1.39. The summed E-state index contributed by atoms with van der Waals surface area (Å²) in [5.74, 6) is -1.32. The molecule has 0 saturated heterocycles. The first kappa shape index (κ1) is 8.73. The quantitative estimate of drug-likeness (QED) is 0.697. The number of carboxylic acid groups (broad SMARTS) is 1. The highest BCUT2D eigenvalue weighted by Gasteiger charge is 2.09. The monoisotopic (exact) mass is 188 g/mol. The first-order chi connectivity index (χ1) is 5.65. The molecule has 1 aromatic heterocycles. The van der Waals surface area contributed by atoms with Gasteiger partial charge in [-0.1, -0.05) is 11.6 Å². The van der Waals surface area contributed by atoms with E-state index in [1.165, 1.54) is 13.3 Å². The van der Waals surface area contributed by atoms with Gasteiger partial charge in [0.05, 0.1) is 13.3 Å². The minimum atomic E-state index is -1.22. The Labute approximate surface area is 73.0 Å². The molecule has 0 saturated carbocycles. The van der Waals surface area contributed by atoms with Crippen molar-refractivity contribution in [1.82, 2.24) is 9.97 Å². The summed E-state index contributed by atoms with van der Waals surface area (Å²) in [5, 5.41) is 8.44. The molecule has 0 atom stereocenters. The van der Waals surface area contributed by atoms with Crippen LogP contribution < -0.4 is 4.74 Å². The second kappa shape index (κ2) is 3.36. The Morgan fingerprint density at radius 3 is 2.83 bits per heavy atom. The van der Waals surface area contributed by atoms with E-state index in [1.54, 1.807) is 0 Å². The van der Waals surface area contributed by atoms with Crippen molar-refractivity contribution < 1.29 is 14.6 Å². The van der Waals surface area contributed by atoms with Crippen LogP contribution in [0.15, 0.2) is 6.20 Å². The zero-order valence-corrected chi connectivity index (χ0v) is 6.87. The molecule has 0 amide bonds. The zero-order chi connectivity index (χ0) is 9.14. The summed E-state index contributed by atoms with van der Waals surface area (Å²) in [6.07, 6.45) is 1.21. The van der Waals surface area contributed by atoms with Gasteiger partial charge < -0.3 is 9.84 Å². The van der Waals surface area contributed by atoms with Gasteiger partial charge in [0.15, 0.2) is 10.9 Å². The van der Waals surface area contributed by atoms with Crippen molar-refractivity contribution in [3.63, 3.8) is 0 Å². The molecule has 0 aliphatic heterocycles. The van der Waals surface area contributed by atoms with Crippen LogP contribution in [0.3, 0.4) is 0 Å². The van der Waals surface area contributed by atoms with E-state index in [9.17, 15) is 4.79 Å². The average molecular weight is 189 g/mol. The van der Waals surface area contributed by atoms with Crippen molar-refractivity contribution in [2.24, 2.45) is 0 Å². The predicted octanol–water partition coefficient (Wildman–Crippen LogP) is 0.837. The summed E-state index contributed by atoms with van der Waals surface area (Å²) >= 11 is 5.53. The predicted molar refractivity (Wildman–Crippen MR) is 40.6 cm³/mol. The van der Waals surface area contributed by atoms with Crippen LogP contribution in [0.5, 0.6) is 5.75 Å². The van der Waals surface area contributed by atoms with E-state index in [4.69, 9.17) is 21.4 Å². The molecule has 0 aliphatic carbocycles. The molecule has 6 heteroatoms. The Bertz CT molecular complexity index is 316. The van der Waals surface area contributed by atoms with E-state index in [1.807, 2.05) is 0 Å². The number of aromatic carboxylic acids is 1.